The number of benzene rings is 1. The van der Waals surface area contributed by atoms with Gasteiger partial charge in [0.1, 0.15) is 11.0 Å². The monoisotopic (exact) mass is 301 g/mol. The Morgan fingerprint density at radius 3 is 2.76 bits per heavy atom. The van der Waals surface area contributed by atoms with Crippen LogP contribution in [0.15, 0.2) is 42.6 Å². The molecule has 0 spiro atoms. The average molecular weight is 302 g/mol. The third-order valence-electron chi connectivity index (χ3n) is 3.37. The maximum atomic E-state index is 6.14. The Labute approximate surface area is 128 Å². The van der Waals surface area contributed by atoms with Gasteiger partial charge < -0.3 is 10.6 Å². The minimum absolute atomic E-state index is 0.388. The highest BCUT2D eigenvalue weighted by molar-refractivity contribution is 6.29. The van der Waals surface area contributed by atoms with E-state index in [2.05, 4.69) is 27.1 Å². The van der Waals surface area contributed by atoms with Crippen LogP contribution in [0.5, 0.6) is 0 Å². The Hall–Kier alpha value is -2.11. The van der Waals surface area contributed by atoms with Crippen molar-refractivity contribution in [3.05, 3.63) is 58.9 Å². The van der Waals surface area contributed by atoms with Gasteiger partial charge in [-0.25, -0.2) is 4.98 Å². The number of hydrogen-bond donors (Lipinski definition) is 1. The summed E-state index contributed by atoms with van der Waals surface area (Å²) in [6.45, 7) is 1.15. The number of nitrogens with two attached hydrogens (primary N) is 1. The molecule has 3 rings (SSSR count). The lowest BCUT2D eigenvalue weighted by atomic mass is 10.2. The molecule has 0 aliphatic heterocycles. The second kappa shape index (κ2) is 5.71. The van der Waals surface area contributed by atoms with E-state index in [0.29, 0.717) is 17.3 Å². The molecule has 2 N–H and O–H groups in total. The van der Waals surface area contributed by atoms with Crippen LogP contribution in [0, 0.1) is 0 Å². The summed E-state index contributed by atoms with van der Waals surface area (Å²) < 4.78 is 1.77. The van der Waals surface area contributed by atoms with Crippen LogP contribution in [0.4, 0.5) is 5.82 Å². The number of fused-ring (bicyclic) bond motifs is 1. The molecule has 5 nitrogen and oxygen atoms in total. The Morgan fingerprint density at radius 2 is 2.05 bits per heavy atom. The van der Waals surface area contributed by atoms with Gasteiger partial charge >= 0.3 is 0 Å². The van der Waals surface area contributed by atoms with Crippen molar-refractivity contribution >= 4 is 23.1 Å². The lowest BCUT2D eigenvalue weighted by Crippen LogP contribution is -2.20. The zero-order valence-corrected chi connectivity index (χ0v) is 12.5. The topological polar surface area (TPSA) is 59.5 Å². The van der Waals surface area contributed by atoms with Crippen LogP contribution < -0.4 is 10.6 Å². The lowest BCUT2D eigenvalue weighted by molar-refractivity contribution is 0.832. The Bertz CT molecular complexity index is 753. The van der Waals surface area contributed by atoms with E-state index >= 15 is 0 Å². The highest BCUT2D eigenvalue weighted by Crippen LogP contribution is 2.22. The van der Waals surface area contributed by atoms with Crippen molar-refractivity contribution in [2.75, 3.05) is 11.9 Å². The third kappa shape index (κ3) is 2.70. The van der Waals surface area contributed by atoms with Crippen molar-refractivity contribution in [3.8, 4) is 0 Å². The molecule has 0 saturated heterocycles. The molecule has 1 aromatic carbocycles. The highest BCUT2D eigenvalue weighted by atomic mass is 35.5. The molecule has 2 aromatic heterocycles. The maximum Gasteiger partial charge on any atom is 0.163 e. The molecule has 0 atom stereocenters. The van der Waals surface area contributed by atoms with Crippen LogP contribution in [-0.4, -0.2) is 21.6 Å². The van der Waals surface area contributed by atoms with E-state index in [4.69, 9.17) is 17.3 Å². The van der Waals surface area contributed by atoms with Gasteiger partial charge in [0, 0.05) is 31.8 Å². The predicted molar refractivity (Wildman–Crippen MR) is 84.4 cm³/mol. The van der Waals surface area contributed by atoms with Gasteiger partial charge in [0.25, 0.3) is 0 Å². The first-order valence-corrected chi connectivity index (χ1v) is 7.05. The van der Waals surface area contributed by atoms with E-state index in [9.17, 15) is 0 Å². The van der Waals surface area contributed by atoms with Crippen molar-refractivity contribution in [3.63, 3.8) is 0 Å². The number of hydrogen-bond acceptors (Lipinski definition) is 4. The quantitative estimate of drug-likeness (QED) is 0.752. The SMILES string of the molecule is CN(Cc1ccccc1)c1cc(Cl)nc2c(CN)cnn12. The molecule has 0 bridgehead atoms. The zero-order valence-electron chi connectivity index (χ0n) is 11.7. The first-order valence-electron chi connectivity index (χ1n) is 6.67. The van der Waals surface area contributed by atoms with E-state index < -0.39 is 0 Å². The molecule has 2 heterocycles. The van der Waals surface area contributed by atoms with Gasteiger partial charge in [-0.15, -0.1) is 0 Å². The van der Waals surface area contributed by atoms with Crippen molar-refractivity contribution in [2.45, 2.75) is 13.1 Å². The van der Waals surface area contributed by atoms with Crippen LogP contribution in [0.3, 0.4) is 0 Å². The first-order chi connectivity index (χ1) is 10.2. The molecule has 108 valence electrons. The summed E-state index contributed by atoms with van der Waals surface area (Å²) in [5.41, 5.74) is 8.51. The molecular formula is C15H16ClN5. The van der Waals surface area contributed by atoms with Crippen LogP contribution in [0.25, 0.3) is 5.65 Å². The molecule has 0 aliphatic carbocycles. The standard InChI is InChI=1S/C15H16ClN5/c1-20(10-11-5-3-2-4-6-11)14-7-13(16)19-15-12(8-17)9-18-21(14)15/h2-7,9H,8,10,17H2,1H3. The highest BCUT2D eigenvalue weighted by Gasteiger charge is 2.13. The van der Waals surface area contributed by atoms with E-state index in [1.54, 1.807) is 10.7 Å². The normalized spacial score (nSPS) is 11.0. The Kier molecular flexibility index (Phi) is 3.77. The fraction of sp³-hybridized carbons (Fsp3) is 0.200. The van der Waals surface area contributed by atoms with Crippen molar-refractivity contribution in [2.24, 2.45) is 5.73 Å². The Balaban J connectivity index is 2.01. The number of anilines is 1. The van der Waals surface area contributed by atoms with Gasteiger partial charge in [-0.2, -0.15) is 9.61 Å². The summed E-state index contributed by atoms with van der Waals surface area (Å²) in [6, 6.07) is 12.0. The lowest BCUT2D eigenvalue weighted by Gasteiger charge is -2.20. The van der Waals surface area contributed by atoms with E-state index in [1.807, 2.05) is 31.3 Å². The van der Waals surface area contributed by atoms with Gasteiger partial charge in [-0.3, -0.25) is 0 Å². The molecule has 0 radical (unpaired) electrons. The summed E-state index contributed by atoms with van der Waals surface area (Å²) in [6.07, 6.45) is 1.73. The zero-order chi connectivity index (χ0) is 14.8. The first kappa shape index (κ1) is 13.9. The summed E-state index contributed by atoms with van der Waals surface area (Å²) >= 11 is 6.14. The molecule has 21 heavy (non-hydrogen) atoms. The fourth-order valence-corrected chi connectivity index (χ4v) is 2.50. The summed E-state index contributed by atoms with van der Waals surface area (Å²) in [5.74, 6) is 0.883. The Morgan fingerprint density at radius 1 is 1.29 bits per heavy atom. The van der Waals surface area contributed by atoms with Gasteiger partial charge in [0.15, 0.2) is 5.65 Å². The molecule has 0 saturated carbocycles. The van der Waals surface area contributed by atoms with E-state index in [-0.39, 0.29) is 0 Å². The smallest absolute Gasteiger partial charge is 0.163 e. The van der Waals surface area contributed by atoms with E-state index in [0.717, 1.165) is 17.9 Å². The second-order valence-corrected chi connectivity index (χ2v) is 5.28. The summed E-state index contributed by atoms with van der Waals surface area (Å²) in [4.78, 5) is 6.40. The van der Waals surface area contributed by atoms with Crippen LogP contribution in [0.1, 0.15) is 11.1 Å². The van der Waals surface area contributed by atoms with Crippen LogP contribution in [0.2, 0.25) is 5.15 Å². The average Bonchev–Trinajstić information content (AvgIpc) is 2.90. The van der Waals surface area contributed by atoms with Gasteiger partial charge in [-0.1, -0.05) is 41.9 Å². The van der Waals surface area contributed by atoms with Crippen LogP contribution >= 0.6 is 11.6 Å². The van der Waals surface area contributed by atoms with Crippen molar-refractivity contribution < 1.29 is 0 Å². The van der Waals surface area contributed by atoms with Gasteiger partial charge in [0.2, 0.25) is 0 Å². The minimum Gasteiger partial charge on any atom is -0.355 e. The number of rotatable bonds is 4. The molecule has 0 unspecified atom stereocenters. The molecule has 0 amide bonds. The third-order valence-corrected chi connectivity index (χ3v) is 3.56. The molecule has 0 fully saturated rings. The maximum absolute atomic E-state index is 6.14. The minimum atomic E-state index is 0.388. The number of halogens is 1. The van der Waals surface area contributed by atoms with Gasteiger partial charge in [0.05, 0.1) is 6.20 Å². The largest absolute Gasteiger partial charge is 0.355 e. The summed E-state index contributed by atoms with van der Waals surface area (Å²) in [7, 11) is 2.00. The van der Waals surface area contributed by atoms with Crippen molar-refractivity contribution in [1.82, 2.24) is 14.6 Å². The second-order valence-electron chi connectivity index (χ2n) is 4.89. The molecule has 3 aromatic rings. The molecule has 0 aliphatic rings. The van der Waals surface area contributed by atoms with E-state index in [1.165, 1.54) is 5.56 Å². The fourth-order valence-electron chi connectivity index (χ4n) is 2.32. The van der Waals surface area contributed by atoms with Gasteiger partial charge in [-0.05, 0) is 5.56 Å². The molecular weight excluding hydrogens is 286 g/mol. The summed E-state index contributed by atoms with van der Waals surface area (Å²) in [5, 5.41) is 4.80. The predicted octanol–water partition coefficient (Wildman–Crippen LogP) is 2.48. The molecule has 6 heteroatoms. The number of aromatic nitrogens is 3. The van der Waals surface area contributed by atoms with Crippen molar-refractivity contribution in [1.29, 1.82) is 0 Å². The number of nitrogens with zero attached hydrogens (tertiary/aromatic N) is 4. The van der Waals surface area contributed by atoms with Crippen LogP contribution in [-0.2, 0) is 13.1 Å².